The van der Waals surface area contributed by atoms with Crippen molar-refractivity contribution in [3.8, 4) is 0 Å². The van der Waals surface area contributed by atoms with Gasteiger partial charge in [-0.1, -0.05) is 16.6 Å². The van der Waals surface area contributed by atoms with Gasteiger partial charge in [-0.15, -0.1) is 0 Å². The molecule has 0 heterocycles. The Hall–Kier alpha value is -1.44. The maximum absolute atomic E-state index is 11.8. The van der Waals surface area contributed by atoms with E-state index in [1.54, 1.807) is 0 Å². The number of aromatic carboxylic acids is 1. The molecule has 6 nitrogen and oxygen atoms in total. The molecule has 0 atom stereocenters. The molecular weight excluding hydrogens is 234 g/mol. The fraction of sp³-hybridized carbons (Fsp3) is 0.222. The van der Waals surface area contributed by atoms with Crippen molar-refractivity contribution in [3.63, 3.8) is 0 Å². The van der Waals surface area contributed by atoms with Gasteiger partial charge in [0.15, 0.2) is 0 Å². The minimum absolute atomic E-state index is 0.286. The number of hydrogen-bond donors (Lipinski definition) is 1. The number of sulfonamides is 1. The molecule has 7 heteroatoms. The zero-order chi connectivity index (χ0) is 12.3. The Morgan fingerprint density at radius 1 is 1.38 bits per heavy atom. The molecule has 0 aliphatic rings. The summed E-state index contributed by atoms with van der Waals surface area (Å²) < 4.78 is 24.3. The third-order valence-corrected chi connectivity index (χ3v) is 3.73. The van der Waals surface area contributed by atoms with E-state index in [1.165, 1.54) is 38.4 Å². The van der Waals surface area contributed by atoms with E-state index >= 15 is 0 Å². The van der Waals surface area contributed by atoms with Gasteiger partial charge in [0.05, 0.1) is 17.6 Å². The predicted molar refractivity (Wildman–Crippen MR) is 55.4 cm³/mol. The number of benzene rings is 1. The molecule has 0 aromatic heterocycles. The van der Waals surface area contributed by atoms with E-state index in [9.17, 15) is 13.2 Å². The van der Waals surface area contributed by atoms with E-state index in [4.69, 9.17) is 5.11 Å². The average Bonchev–Trinajstić information content (AvgIpc) is 2.27. The molecule has 1 rings (SSSR count). The lowest BCUT2D eigenvalue weighted by molar-refractivity contribution is -0.0259. The summed E-state index contributed by atoms with van der Waals surface area (Å²) in [5.41, 5.74) is -0.286. The highest BCUT2D eigenvalue weighted by atomic mass is 32.2. The topological polar surface area (TPSA) is 83.9 Å². The zero-order valence-electron chi connectivity index (χ0n) is 8.75. The van der Waals surface area contributed by atoms with E-state index in [0.717, 1.165) is 0 Å². The Morgan fingerprint density at radius 3 is 2.44 bits per heavy atom. The van der Waals surface area contributed by atoms with Gasteiger partial charge < -0.3 is 5.11 Å². The van der Waals surface area contributed by atoms with Crippen molar-refractivity contribution in [2.75, 3.05) is 14.2 Å². The molecule has 0 bridgehead atoms. The van der Waals surface area contributed by atoms with Crippen molar-refractivity contribution in [1.82, 2.24) is 4.47 Å². The summed E-state index contributed by atoms with van der Waals surface area (Å²) >= 11 is 0. The number of carboxylic acid groups (broad SMARTS) is 1. The molecule has 1 N–H and O–H groups in total. The van der Waals surface area contributed by atoms with Crippen molar-refractivity contribution < 1.29 is 23.2 Å². The van der Waals surface area contributed by atoms with Gasteiger partial charge in [0.2, 0.25) is 0 Å². The third-order valence-electron chi connectivity index (χ3n) is 1.99. The van der Waals surface area contributed by atoms with Crippen molar-refractivity contribution in [1.29, 1.82) is 0 Å². The van der Waals surface area contributed by atoms with Crippen LogP contribution in [0.15, 0.2) is 29.2 Å². The van der Waals surface area contributed by atoms with Crippen LogP contribution in [0.3, 0.4) is 0 Å². The molecule has 1 aromatic rings. The quantitative estimate of drug-likeness (QED) is 0.784. The molecule has 0 amide bonds. The highest BCUT2D eigenvalue weighted by Crippen LogP contribution is 2.19. The van der Waals surface area contributed by atoms with Crippen LogP contribution in [0.4, 0.5) is 0 Å². The smallest absolute Gasteiger partial charge is 0.337 e. The van der Waals surface area contributed by atoms with E-state index in [1.807, 2.05) is 0 Å². The molecule has 0 radical (unpaired) electrons. The Bertz CT molecular complexity index is 496. The van der Waals surface area contributed by atoms with Gasteiger partial charge in [-0.05, 0) is 12.1 Å². The minimum atomic E-state index is -3.93. The van der Waals surface area contributed by atoms with E-state index in [0.29, 0.717) is 4.47 Å². The predicted octanol–water partition coefficient (Wildman–Crippen LogP) is 0.567. The number of nitrogens with zero attached hydrogens (tertiary/aromatic N) is 1. The number of carboxylic acids is 1. The number of rotatable bonds is 4. The summed E-state index contributed by atoms with van der Waals surface area (Å²) in [5.74, 6) is -1.30. The molecule has 1 aromatic carbocycles. The van der Waals surface area contributed by atoms with Crippen molar-refractivity contribution >= 4 is 16.0 Å². The number of carbonyl (C=O) groups is 1. The normalized spacial score (nSPS) is 11.7. The Morgan fingerprint density at radius 2 is 1.94 bits per heavy atom. The van der Waals surface area contributed by atoms with Gasteiger partial charge in [-0.3, -0.25) is 4.84 Å². The van der Waals surface area contributed by atoms with Crippen molar-refractivity contribution in [3.05, 3.63) is 29.8 Å². The molecule has 0 fully saturated rings. The van der Waals surface area contributed by atoms with Crippen LogP contribution in [0, 0.1) is 0 Å². The minimum Gasteiger partial charge on any atom is -0.478 e. The first-order valence-corrected chi connectivity index (χ1v) is 5.70. The number of hydrogen-bond acceptors (Lipinski definition) is 4. The summed E-state index contributed by atoms with van der Waals surface area (Å²) in [6, 6.07) is 5.34. The van der Waals surface area contributed by atoms with Gasteiger partial charge in [0, 0.05) is 7.05 Å². The van der Waals surface area contributed by atoms with Crippen LogP contribution in [0.25, 0.3) is 0 Å². The Balaban J connectivity index is 3.39. The summed E-state index contributed by atoms with van der Waals surface area (Å²) in [5, 5.41) is 8.86. The molecule has 0 unspecified atom stereocenters. The Kier molecular flexibility index (Phi) is 3.63. The molecule has 0 aliphatic heterocycles. The second-order valence-corrected chi connectivity index (χ2v) is 4.80. The molecule has 88 valence electrons. The second kappa shape index (κ2) is 4.60. The highest BCUT2D eigenvalue weighted by Gasteiger charge is 2.26. The van der Waals surface area contributed by atoms with Crippen LogP contribution in [-0.2, 0) is 14.9 Å². The first-order chi connectivity index (χ1) is 7.41. The first-order valence-electron chi connectivity index (χ1n) is 4.26. The average molecular weight is 245 g/mol. The van der Waals surface area contributed by atoms with Gasteiger partial charge in [-0.2, -0.15) is 0 Å². The van der Waals surface area contributed by atoms with Crippen LogP contribution in [0.5, 0.6) is 0 Å². The lowest BCUT2D eigenvalue weighted by atomic mass is 10.2. The summed E-state index contributed by atoms with van der Waals surface area (Å²) in [6.07, 6.45) is 0. The fourth-order valence-electron chi connectivity index (χ4n) is 1.10. The monoisotopic (exact) mass is 245 g/mol. The molecule has 0 saturated heterocycles. The van der Waals surface area contributed by atoms with Gasteiger partial charge in [0.1, 0.15) is 0 Å². The molecule has 0 aliphatic carbocycles. The molecular formula is C9H11NO5S. The standard InChI is InChI=1S/C9H11NO5S/c1-10(15-2)16(13,14)8-6-4-3-5-7(8)9(11)12/h3-6H,1-2H3,(H,11,12). The van der Waals surface area contributed by atoms with Crippen LogP contribution in [0.1, 0.15) is 10.4 Å². The van der Waals surface area contributed by atoms with Gasteiger partial charge in [0.25, 0.3) is 10.0 Å². The van der Waals surface area contributed by atoms with Crippen LogP contribution < -0.4 is 0 Å². The first kappa shape index (κ1) is 12.6. The molecule has 16 heavy (non-hydrogen) atoms. The van der Waals surface area contributed by atoms with Crippen LogP contribution >= 0.6 is 0 Å². The lowest BCUT2D eigenvalue weighted by Crippen LogP contribution is -2.27. The van der Waals surface area contributed by atoms with Crippen molar-refractivity contribution in [2.45, 2.75) is 4.90 Å². The van der Waals surface area contributed by atoms with E-state index in [-0.39, 0.29) is 10.5 Å². The lowest BCUT2D eigenvalue weighted by Gasteiger charge is -2.15. The summed E-state index contributed by atoms with van der Waals surface area (Å²) in [6.45, 7) is 0. The van der Waals surface area contributed by atoms with Crippen molar-refractivity contribution in [2.24, 2.45) is 0 Å². The van der Waals surface area contributed by atoms with E-state index in [2.05, 4.69) is 4.84 Å². The van der Waals surface area contributed by atoms with Crippen LogP contribution in [-0.4, -0.2) is 38.1 Å². The molecule has 0 saturated carbocycles. The summed E-state index contributed by atoms with van der Waals surface area (Å²) in [7, 11) is -1.56. The van der Waals surface area contributed by atoms with E-state index < -0.39 is 16.0 Å². The maximum atomic E-state index is 11.8. The van der Waals surface area contributed by atoms with Gasteiger partial charge in [-0.25, -0.2) is 13.2 Å². The van der Waals surface area contributed by atoms with Crippen LogP contribution in [0.2, 0.25) is 0 Å². The SMILES string of the molecule is CON(C)S(=O)(=O)c1ccccc1C(=O)O. The number of hydroxylamine groups is 1. The molecule has 0 spiro atoms. The zero-order valence-corrected chi connectivity index (χ0v) is 9.56. The third kappa shape index (κ3) is 2.21. The largest absolute Gasteiger partial charge is 0.478 e. The Labute approximate surface area is 93.1 Å². The summed E-state index contributed by atoms with van der Waals surface area (Å²) in [4.78, 5) is 15.1. The highest BCUT2D eigenvalue weighted by molar-refractivity contribution is 7.89. The fourth-order valence-corrected chi connectivity index (χ4v) is 2.26. The van der Waals surface area contributed by atoms with Gasteiger partial charge >= 0.3 is 5.97 Å². The second-order valence-electron chi connectivity index (χ2n) is 2.90. The maximum Gasteiger partial charge on any atom is 0.337 e.